The van der Waals surface area contributed by atoms with E-state index in [2.05, 4.69) is 43.2 Å². The lowest BCUT2D eigenvalue weighted by Crippen LogP contribution is -1.92. The predicted molar refractivity (Wildman–Crippen MR) is 87.9 cm³/mol. The van der Waals surface area contributed by atoms with E-state index in [1.165, 1.54) is 5.56 Å². The van der Waals surface area contributed by atoms with E-state index in [0.29, 0.717) is 5.82 Å². The summed E-state index contributed by atoms with van der Waals surface area (Å²) in [4.78, 5) is 4.54. The number of hydrogen-bond acceptors (Lipinski definition) is 3. The van der Waals surface area contributed by atoms with E-state index in [1.54, 1.807) is 0 Å². The number of aromatic amines is 1. The molecule has 3 aromatic rings. The molecule has 0 saturated heterocycles. The van der Waals surface area contributed by atoms with Crippen molar-refractivity contribution in [3.63, 3.8) is 0 Å². The van der Waals surface area contributed by atoms with Gasteiger partial charge in [0.05, 0.1) is 0 Å². The quantitative estimate of drug-likeness (QED) is 0.713. The second-order valence-electron chi connectivity index (χ2n) is 4.98. The van der Waals surface area contributed by atoms with Gasteiger partial charge in [-0.1, -0.05) is 40.2 Å². The number of halogens is 1. The zero-order valence-electron chi connectivity index (χ0n) is 11.6. The lowest BCUT2D eigenvalue weighted by Gasteiger charge is -2.01. The Labute approximate surface area is 131 Å². The average Bonchev–Trinajstić information content (AvgIpc) is 2.93. The summed E-state index contributed by atoms with van der Waals surface area (Å²) in [5, 5.41) is 7.26. The van der Waals surface area contributed by atoms with E-state index in [9.17, 15) is 0 Å². The van der Waals surface area contributed by atoms with Crippen LogP contribution in [-0.4, -0.2) is 15.2 Å². The molecule has 106 valence electrons. The van der Waals surface area contributed by atoms with Crippen LogP contribution in [-0.2, 0) is 6.42 Å². The average molecular weight is 343 g/mol. The highest BCUT2D eigenvalue weighted by Gasteiger charge is 2.07. The maximum Gasteiger partial charge on any atom is 0.181 e. The lowest BCUT2D eigenvalue weighted by molar-refractivity contribution is 0.972. The second-order valence-corrected chi connectivity index (χ2v) is 5.90. The van der Waals surface area contributed by atoms with Gasteiger partial charge in [-0.3, -0.25) is 5.10 Å². The van der Waals surface area contributed by atoms with Crippen LogP contribution in [0, 0.1) is 6.92 Å². The molecular formula is C16H15BrN4. The number of nitrogen functional groups attached to an aromatic ring is 1. The molecule has 0 fully saturated rings. The van der Waals surface area contributed by atoms with Crippen molar-refractivity contribution in [3.8, 4) is 11.4 Å². The van der Waals surface area contributed by atoms with Crippen molar-refractivity contribution in [2.45, 2.75) is 13.3 Å². The molecular weight excluding hydrogens is 328 g/mol. The summed E-state index contributed by atoms with van der Waals surface area (Å²) >= 11 is 3.43. The van der Waals surface area contributed by atoms with E-state index >= 15 is 0 Å². The van der Waals surface area contributed by atoms with Gasteiger partial charge in [0, 0.05) is 22.1 Å². The largest absolute Gasteiger partial charge is 0.398 e. The summed E-state index contributed by atoms with van der Waals surface area (Å²) < 4.78 is 1.07. The van der Waals surface area contributed by atoms with Gasteiger partial charge in [0.25, 0.3) is 0 Å². The SMILES string of the molecule is Cc1ccc(-c2n[nH]c(Cc3ccc(Br)cc3)n2)cc1N. The molecule has 5 heteroatoms. The Kier molecular flexibility index (Phi) is 3.75. The van der Waals surface area contributed by atoms with Gasteiger partial charge in [0.2, 0.25) is 0 Å². The molecule has 0 unspecified atom stereocenters. The highest BCUT2D eigenvalue weighted by Crippen LogP contribution is 2.21. The molecule has 0 aliphatic heterocycles. The molecule has 3 N–H and O–H groups in total. The Morgan fingerprint density at radius 3 is 2.62 bits per heavy atom. The molecule has 0 atom stereocenters. The second kappa shape index (κ2) is 5.69. The minimum absolute atomic E-state index is 0.675. The normalized spacial score (nSPS) is 10.8. The molecule has 0 bridgehead atoms. The van der Waals surface area contributed by atoms with Crippen LogP contribution < -0.4 is 5.73 Å². The minimum atomic E-state index is 0.675. The van der Waals surface area contributed by atoms with Crippen LogP contribution in [0.15, 0.2) is 46.9 Å². The molecule has 0 spiro atoms. The molecule has 21 heavy (non-hydrogen) atoms. The van der Waals surface area contributed by atoms with Crippen molar-refractivity contribution in [3.05, 3.63) is 63.9 Å². The molecule has 1 aromatic heterocycles. The van der Waals surface area contributed by atoms with Crippen molar-refractivity contribution in [2.24, 2.45) is 0 Å². The summed E-state index contributed by atoms with van der Waals surface area (Å²) in [5.41, 5.74) is 9.86. The summed E-state index contributed by atoms with van der Waals surface area (Å²) in [6.07, 6.45) is 0.724. The van der Waals surface area contributed by atoms with Crippen LogP contribution in [0.1, 0.15) is 17.0 Å². The smallest absolute Gasteiger partial charge is 0.181 e. The van der Waals surface area contributed by atoms with Crippen LogP contribution in [0.25, 0.3) is 11.4 Å². The zero-order chi connectivity index (χ0) is 14.8. The van der Waals surface area contributed by atoms with E-state index in [1.807, 2.05) is 37.3 Å². The van der Waals surface area contributed by atoms with Crippen molar-refractivity contribution in [1.29, 1.82) is 0 Å². The van der Waals surface area contributed by atoms with Crippen molar-refractivity contribution in [1.82, 2.24) is 15.2 Å². The van der Waals surface area contributed by atoms with Crippen LogP contribution in [0.3, 0.4) is 0 Å². The first kappa shape index (κ1) is 13.8. The lowest BCUT2D eigenvalue weighted by atomic mass is 10.1. The van der Waals surface area contributed by atoms with E-state index < -0.39 is 0 Å². The van der Waals surface area contributed by atoms with Crippen LogP contribution >= 0.6 is 15.9 Å². The van der Waals surface area contributed by atoms with Crippen LogP contribution in [0.2, 0.25) is 0 Å². The standard InChI is InChI=1S/C16H15BrN4/c1-10-2-5-12(9-14(10)18)16-19-15(20-21-16)8-11-3-6-13(17)7-4-11/h2-7,9H,8,18H2,1H3,(H,19,20,21). The molecule has 0 radical (unpaired) electrons. The Morgan fingerprint density at radius 2 is 1.90 bits per heavy atom. The first-order chi connectivity index (χ1) is 10.1. The molecule has 4 nitrogen and oxygen atoms in total. The van der Waals surface area contributed by atoms with Crippen LogP contribution in [0.5, 0.6) is 0 Å². The first-order valence-electron chi connectivity index (χ1n) is 6.64. The van der Waals surface area contributed by atoms with Crippen molar-refractivity contribution >= 4 is 21.6 Å². The number of nitrogens with zero attached hydrogens (tertiary/aromatic N) is 2. The number of aryl methyl sites for hydroxylation is 1. The molecule has 1 heterocycles. The van der Waals surface area contributed by atoms with Crippen molar-refractivity contribution < 1.29 is 0 Å². The fourth-order valence-electron chi connectivity index (χ4n) is 2.08. The van der Waals surface area contributed by atoms with E-state index in [4.69, 9.17) is 5.73 Å². The number of anilines is 1. The first-order valence-corrected chi connectivity index (χ1v) is 7.43. The summed E-state index contributed by atoms with van der Waals surface area (Å²) in [5.74, 6) is 1.51. The number of benzene rings is 2. The van der Waals surface area contributed by atoms with E-state index in [-0.39, 0.29) is 0 Å². The monoisotopic (exact) mass is 342 g/mol. The molecule has 0 aliphatic carbocycles. The number of nitrogens with one attached hydrogen (secondary N) is 1. The fraction of sp³-hybridized carbons (Fsp3) is 0.125. The third-order valence-corrected chi connectivity index (χ3v) is 3.88. The Hall–Kier alpha value is -2.14. The van der Waals surface area contributed by atoms with Crippen LogP contribution in [0.4, 0.5) is 5.69 Å². The molecule has 3 rings (SSSR count). The van der Waals surface area contributed by atoms with Gasteiger partial charge in [-0.25, -0.2) is 4.98 Å². The predicted octanol–water partition coefficient (Wildman–Crippen LogP) is 3.72. The van der Waals surface area contributed by atoms with Crippen molar-refractivity contribution in [2.75, 3.05) is 5.73 Å². The fourth-order valence-corrected chi connectivity index (χ4v) is 2.34. The molecule has 0 amide bonds. The Bertz CT molecular complexity index is 762. The van der Waals surface area contributed by atoms with Gasteiger partial charge in [-0.2, -0.15) is 5.10 Å². The topological polar surface area (TPSA) is 67.6 Å². The summed E-state index contributed by atoms with van der Waals surface area (Å²) in [7, 11) is 0. The molecule has 0 saturated carbocycles. The summed E-state index contributed by atoms with van der Waals surface area (Å²) in [6, 6.07) is 14.0. The van der Waals surface area contributed by atoms with Gasteiger partial charge < -0.3 is 5.73 Å². The van der Waals surface area contributed by atoms with Gasteiger partial charge in [0.1, 0.15) is 5.82 Å². The molecule has 2 aromatic carbocycles. The highest BCUT2D eigenvalue weighted by atomic mass is 79.9. The number of aromatic nitrogens is 3. The minimum Gasteiger partial charge on any atom is -0.398 e. The zero-order valence-corrected chi connectivity index (χ0v) is 13.2. The number of nitrogens with two attached hydrogens (primary N) is 1. The third kappa shape index (κ3) is 3.13. The summed E-state index contributed by atoms with van der Waals surface area (Å²) in [6.45, 7) is 1.98. The van der Waals surface area contributed by atoms with E-state index in [0.717, 1.165) is 33.5 Å². The molecule has 0 aliphatic rings. The van der Waals surface area contributed by atoms with Gasteiger partial charge in [0.15, 0.2) is 5.82 Å². The van der Waals surface area contributed by atoms with Gasteiger partial charge in [-0.15, -0.1) is 0 Å². The number of hydrogen-bond donors (Lipinski definition) is 2. The maximum atomic E-state index is 5.93. The number of rotatable bonds is 3. The Morgan fingerprint density at radius 1 is 1.14 bits per heavy atom. The third-order valence-electron chi connectivity index (χ3n) is 3.35. The van der Waals surface area contributed by atoms with Gasteiger partial charge >= 0.3 is 0 Å². The highest BCUT2D eigenvalue weighted by molar-refractivity contribution is 9.10. The maximum absolute atomic E-state index is 5.93. The Balaban J connectivity index is 1.82. The number of H-pyrrole nitrogens is 1. The van der Waals surface area contributed by atoms with Gasteiger partial charge in [-0.05, 0) is 36.2 Å².